The van der Waals surface area contributed by atoms with E-state index >= 15 is 0 Å². The Morgan fingerprint density at radius 3 is 2.44 bits per heavy atom. The van der Waals surface area contributed by atoms with Crippen molar-refractivity contribution in [3.05, 3.63) is 66.4 Å². The van der Waals surface area contributed by atoms with Gasteiger partial charge in [0.05, 0.1) is 21.7 Å². The van der Waals surface area contributed by atoms with Gasteiger partial charge in [0.15, 0.2) is 15.7 Å². The van der Waals surface area contributed by atoms with Crippen LogP contribution >= 0.6 is 0 Å². The fourth-order valence-electron chi connectivity index (χ4n) is 4.11. The summed E-state index contributed by atoms with van der Waals surface area (Å²) in [6.45, 7) is 1.84. The summed E-state index contributed by atoms with van der Waals surface area (Å²) < 4.78 is 30.4. The Balaban J connectivity index is 1.49. The molecule has 36 heavy (non-hydrogen) atoms. The van der Waals surface area contributed by atoms with Crippen molar-refractivity contribution < 1.29 is 22.7 Å². The van der Waals surface area contributed by atoms with Crippen molar-refractivity contribution in [3.63, 3.8) is 0 Å². The van der Waals surface area contributed by atoms with E-state index in [9.17, 15) is 18.0 Å². The second-order valence-corrected chi connectivity index (χ2v) is 10.7. The fraction of sp³-hybridized carbons (Fsp3) is 0.231. The minimum Gasteiger partial charge on any atom is -0.457 e. The molecule has 0 atom stereocenters. The third kappa shape index (κ3) is 4.72. The molecule has 1 aliphatic rings. The maximum absolute atomic E-state index is 12.1. The van der Waals surface area contributed by atoms with Crippen LogP contribution in [0.25, 0.3) is 22.6 Å². The molecular formula is C26H24N4O5S. The second-order valence-electron chi connectivity index (χ2n) is 8.44. The lowest BCUT2D eigenvalue weighted by molar-refractivity contribution is -0.138. The Morgan fingerprint density at radius 1 is 1.03 bits per heavy atom. The third-order valence-corrected chi connectivity index (χ3v) is 7.87. The van der Waals surface area contributed by atoms with E-state index in [1.54, 1.807) is 31.3 Å². The first-order valence-corrected chi connectivity index (χ1v) is 13.3. The largest absolute Gasteiger partial charge is 0.457 e. The number of nitrogens with one attached hydrogen (secondary N) is 1. The van der Waals surface area contributed by atoms with Gasteiger partial charge < -0.3 is 9.72 Å². The van der Waals surface area contributed by atoms with Gasteiger partial charge in [-0.3, -0.25) is 19.5 Å². The van der Waals surface area contributed by atoms with Gasteiger partial charge in [-0.15, -0.1) is 0 Å². The minimum absolute atomic E-state index is 0.0136. The molecule has 0 spiro atoms. The van der Waals surface area contributed by atoms with E-state index in [-0.39, 0.29) is 41.8 Å². The number of amides is 2. The molecule has 0 bridgehead atoms. The average molecular weight is 505 g/mol. The fourth-order valence-corrected chi connectivity index (χ4v) is 4.99. The SMILES string of the molecule is CCS(=O)(=O)c1ccc(Oc2cc3nc(-c4ccccn4)[nH]c3cc2CCN2C(=O)CCC2=O)cc1. The monoisotopic (exact) mass is 504 g/mol. The van der Waals surface area contributed by atoms with Gasteiger partial charge in [-0.05, 0) is 54.4 Å². The number of likely N-dealkylation sites (tertiary alicyclic amines) is 1. The average Bonchev–Trinajstić information content (AvgIpc) is 3.45. The summed E-state index contributed by atoms with van der Waals surface area (Å²) in [5.74, 6) is 1.24. The standard InChI is InChI=1S/C26H24N4O5S/c1-2-36(33,34)19-8-6-18(7-9-19)35-23-16-22-21(28-26(29-22)20-5-3-4-13-27-20)15-17(23)12-14-30-24(31)10-11-25(30)32/h3-9,13,15-16H,2,10-12,14H2,1H3,(H,28,29). The smallest absolute Gasteiger partial charge is 0.229 e. The molecule has 184 valence electrons. The van der Waals surface area contributed by atoms with Gasteiger partial charge in [-0.25, -0.2) is 13.4 Å². The molecule has 1 aliphatic heterocycles. The van der Waals surface area contributed by atoms with E-state index in [0.29, 0.717) is 35.0 Å². The van der Waals surface area contributed by atoms with Gasteiger partial charge >= 0.3 is 0 Å². The number of rotatable bonds is 8. The van der Waals surface area contributed by atoms with Crippen molar-refractivity contribution in [1.29, 1.82) is 0 Å². The van der Waals surface area contributed by atoms with Crippen LogP contribution in [0, 0.1) is 0 Å². The van der Waals surface area contributed by atoms with Crippen LogP contribution in [0.15, 0.2) is 65.7 Å². The van der Waals surface area contributed by atoms with Gasteiger partial charge in [0.1, 0.15) is 17.2 Å². The number of benzene rings is 2. The zero-order valence-electron chi connectivity index (χ0n) is 19.6. The van der Waals surface area contributed by atoms with Gasteiger partial charge in [-0.2, -0.15) is 0 Å². The number of pyridine rings is 1. The number of imide groups is 1. The summed E-state index contributed by atoms with van der Waals surface area (Å²) in [6, 6.07) is 15.5. The van der Waals surface area contributed by atoms with E-state index < -0.39 is 9.84 Å². The highest BCUT2D eigenvalue weighted by Crippen LogP contribution is 2.32. The van der Waals surface area contributed by atoms with Crippen LogP contribution < -0.4 is 4.74 Å². The van der Waals surface area contributed by atoms with Crippen LogP contribution in [0.3, 0.4) is 0 Å². The minimum atomic E-state index is -3.32. The number of fused-ring (bicyclic) bond motifs is 1. The Kier molecular flexibility index (Phi) is 6.27. The molecule has 1 N–H and O–H groups in total. The number of aromatic nitrogens is 3. The molecule has 1 fully saturated rings. The van der Waals surface area contributed by atoms with Crippen molar-refractivity contribution in [1.82, 2.24) is 19.9 Å². The highest BCUT2D eigenvalue weighted by molar-refractivity contribution is 7.91. The Labute approximate surface area is 208 Å². The second kappa shape index (κ2) is 9.54. The highest BCUT2D eigenvalue weighted by Gasteiger charge is 2.28. The number of imidazole rings is 1. The van der Waals surface area contributed by atoms with Gasteiger partial charge in [0, 0.05) is 31.6 Å². The molecule has 2 aromatic carbocycles. The molecule has 1 saturated heterocycles. The summed E-state index contributed by atoms with van der Waals surface area (Å²) in [5.41, 5.74) is 2.89. The molecule has 3 heterocycles. The van der Waals surface area contributed by atoms with E-state index in [2.05, 4.69) is 15.0 Å². The van der Waals surface area contributed by atoms with Gasteiger partial charge in [0.25, 0.3) is 0 Å². The molecule has 10 heteroatoms. The molecule has 2 amide bonds. The number of nitrogens with zero attached hydrogens (tertiary/aromatic N) is 3. The Hall–Kier alpha value is -4.05. The summed E-state index contributed by atoms with van der Waals surface area (Å²) >= 11 is 0. The zero-order chi connectivity index (χ0) is 25.3. The first-order chi connectivity index (χ1) is 17.3. The summed E-state index contributed by atoms with van der Waals surface area (Å²) in [7, 11) is -3.32. The molecule has 0 radical (unpaired) electrons. The van der Waals surface area contributed by atoms with Gasteiger partial charge in [0.2, 0.25) is 11.8 Å². The number of aromatic amines is 1. The summed E-state index contributed by atoms with van der Waals surface area (Å²) in [5, 5.41) is 0. The van der Waals surface area contributed by atoms with Crippen LogP contribution in [0.5, 0.6) is 11.5 Å². The Morgan fingerprint density at radius 2 is 1.78 bits per heavy atom. The predicted molar refractivity (Wildman–Crippen MR) is 133 cm³/mol. The highest BCUT2D eigenvalue weighted by atomic mass is 32.2. The summed E-state index contributed by atoms with van der Waals surface area (Å²) in [6.07, 6.45) is 2.56. The predicted octanol–water partition coefficient (Wildman–Crippen LogP) is 3.90. The topological polar surface area (TPSA) is 122 Å². The molecule has 2 aromatic heterocycles. The first kappa shape index (κ1) is 23.7. The maximum Gasteiger partial charge on any atom is 0.229 e. The van der Waals surface area contributed by atoms with E-state index in [1.165, 1.54) is 17.0 Å². The molecule has 0 aliphatic carbocycles. The van der Waals surface area contributed by atoms with Crippen molar-refractivity contribution in [2.45, 2.75) is 31.1 Å². The molecule has 9 nitrogen and oxygen atoms in total. The lowest BCUT2D eigenvalue weighted by Gasteiger charge is -2.16. The van der Waals surface area contributed by atoms with Crippen molar-refractivity contribution in [3.8, 4) is 23.0 Å². The molecule has 0 saturated carbocycles. The van der Waals surface area contributed by atoms with E-state index in [0.717, 1.165) is 11.1 Å². The zero-order valence-corrected chi connectivity index (χ0v) is 20.4. The summed E-state index contributed by atoms with van der Waals surface area (Å²) in [4.78, 5) is 38.0. The molecule has 0 unspecified atom stereocenters. The van der Waals surface area contributed by atoms with Crippen LogP contribution in [0.4, 0.5) is 0 Å². The van der Waals surface area contributed by atoms with Crippen molar-refractivity contribution in [2.75, 3.05) is 12.3 Å². The molecular weight excluding hydrogens is 480 g/mol. The van der Waals surface area contributed by atoms with Crippen LogP contribution in [-0.4, -0.2) is 52.4 Å². The number of H-pyrrole nitrogens is 1. The lowest BCUT2D eigenvalue weighted by atomic mass is 10.1. The number of hydrogen-bond donors (Lipinski definition) is 1. The van der Waals surface area contributed by atoms with Crippen molar-refractivity contribution >= 4 is 32.7 Å². The first-order valence-electron chi connectivity index (χ1n) is 11.6. The molecule has 5 rings (SSSR count). The van der Waals surface area contributed by atoms with Crippen LogP contribution in [-0.2, 0) is 25.8 Å². The van der Waals surface area contributed by atoms with E-state index in [4.69, 9.17) is 4.74 Å². The maximum atomic E-state index is 12.1. The van der Waals surface area contributed by atoms with Crippen LogP contribution in [0.2, 0.25) is 0 Å². The van der Waals surface area contributed by atoms with Crippen molar-refractivity contribution in [2.24, 2.45) is 0 Å². The van der Waals surface area contributed by atoms with Gasteiger partial charge in [-0.1, -0.05) is 13.0 Å². The Bertz CT molecular complexity index is 1530. The third-order valence-electron chi connectivity index (χ3n) is 6.12. The quantitative estimate of drug-likeness (QED) is 0.361. The van der Waals surface area contributed by atoms with Crippen LogP contribution in [0.1, 0.15) is 25.3 Å². The number of hydrogen-bond acceptors (Lipinski definition) is 7. The van der Waals surface area contributed by atoms with E-state index in [1.807, 2.05) is 24.3 Å². The number of carbonyl (C=O) groups excluding carboxylic acids is 2. The normalized spacial score (nSPS) is 14.1. The number of ether oxygens (including phenoxy) is 1. The lowest BCUT2D eigenvalue weighted by Crippen LogP contribution is -2.31. The number of carbonyl (C=O) groups is 2. The molecule has 4 aromatic rings. The number of sulfone groups is 1.